The first-order valence-corrected chi connectivity index (χ1v) is 12.1. The van der Waals surface area contributed by atoms with Crippen LogP contribution in [0.2, 0.25) is 0 Å². The first-order chi connectivity index (χ1) is 15.3. The number of urea groups is 1. The second-order valence-electron chi connectivity index (χ2n) is 8.56. The van der Waals surface area contributed by atoms with E-state index in [1.807, 2.05) is 6.07 Å². The van der Waals surface area contributed by atoms with E-state index in [1.54, 1.807) is 11.3 Å². The van der Waals surface area contributed by atoms with Gasteiger partial charge in [-0.15, -0.1) is 11.3 Å². The fourth-order valence-corrected chi connectivity index (χ4v) is 5.61. The van der Waals surface area contributed by atoms with Crippen LogP contribution in [0.25, 0.3) is 0 Å². The van der Waals surface area contributed by atoms with E-state index in [2.05, 4.69) is 86.8 Å². The molecule has 0 bridgehead atoms. The second-order valence-corrected chi connectivity index (χ2v) is 9.59. The summed E-state index contributed by atoms with van der Waals surface area (Å²) >= 11 is 1.73. The monoisotopic (exact) mass is 431 g/mol. The van der Waals surface area contributed by atoms with Crippen molar-refractivity contribution in [3.63, 3.8) is 0 Å². The molecule has 1 aromatic heterocycles. The molecule has 0 radical (unpaired) electrons. The van der Waals surface area contributed by atoms with Crippen molar-refractivity contribution in [3.05, 3.63) is 94.2 Å². The number of piperidine rings is 1. The molecule has 2 aromatic carbocycles. The molecule has 0 aliphatic carbocycles. The van der Waals surface area contributed by atoms with Gasteiger partial charge in [-0.25, -0.2) is 4.79 Å². The highest BCUT2D eigenvalue weighted by atomic mass is 32.1. The van der Waals surface area contributed by atoms with Crippen LogP contribution in [0, 0.1) is 0 Å². The molecule has 160 valence electrons. The van der Waals surface area contributed by atoms with Gasteiger partial charge < -0.3 is 9.80 Å². The van der Waals surface area contributed by atoms with Gasteiger partial charge >= 0.3 is 6.03 Å². The Morgan fingerprint density at radius 2 is 1.55 bits per heavy atom. The SMILES string of the molecule is O=C1N(C2CCN(Cc3ccccc3)CC2)CC(c2ccccc2)N1Cc1cccs1. The summed E-state index contributed by atoms with van der Waals surface area (Å²) in [5, 5.41) is 2.09. The first kappa shape index (κ1) is 20.3. The molecular formula is C26H29N3OS. The molecule has 2 aliphatic rings. The van der Waals surface area contributed by atoms with E-state index in [0.717, 1.165) is 39.0 Å². The molecule has 0 saturated carbocycles. The lowest BCUT2D eigenvalue weighted by Crippen LogP contribution is -2.46. The van der Waals surface area contributed by atoms with Gasteiger partial charge in [-0.3, -0.25) is 4.90 Å². The van der Waals surface area contributed by atoms with Gasteiger partial charge in [-0.1, -0.05) is 66.7 Å². The van der Waals surface area contributed by atoms with Crippen LogP contribution in [0.5, 0.6) is 0 Å². The Morgan fingerprint density at radius 3 is 2.23 bits per heavy atom. The zero-order valence-corrected chi connectivity index (χ0v) is 18.6. The average Bonchev–Trinajstić information content (AvgIpc) is 3.45. The van der Waals surface area contributed by atoms with Crippen molar-refractivity contribution in [1.29, 1.82) is 0 Å². The van der Waals surface area contributed by atoms with Gasteiger partial charge in [0.1, 0.15) is 0 Å². The molecule has 2 amide bonds. The number of hydrogen-bond donors (Lipinski definition) is 0. The van der Waals surface area contributed by atoms with Crippen LogP contribution in [-0.4, -0.2) is 46.4 Å². The van der Waals surface area contributed by atoms with Gasteiger partial charge in [0.15, 0.2) is 0 Å². The summed E-state index contributed by atoms with van der Waals surface area (Å²) in [6, 6.07) is 26.0. The smallest absolute Gasteiger partial charge is 0.319 e. The largest absolute Gasteiger partial charge is 0.321 e. The van der Waals surface area contributed by atoms with Crippen LogP contribution in [-0.2, 0) is 13.1 Å². The quantitative estimate of drug-likeness (QED) is 0.523. The van der Waals surface area contributed by atoms with E-state index < -0.39 is 0 Å². The molecule has 3 heterocycles. The van der Waals surface area contributed by atoms with Crippen molar-refractivity contribution >= 4 is 17.4 Å². The van der Waals surface area contributed by atoms with Crippen LogP contribution >= 0.6 is 11.3 Å². The predicted octanol–water partition coefficient (Wildman–Crippen LogP) is 5.39. The number of rotatable bonds is 6. The topological polar surface area (TPSA) is 26.8 Å². The molecule has 0 N–H and O–H groups in total. The highest BCUT2D eigenvalue weighted by Gasteiger charge is 2.42. The standard InChI is InChI=1S/C26H29N3OS/c30-26-28(23-13-15-27(16-14-23)18-21-8-3-1-4-9-21)20-25(22-10-5-2-6-11-22)29(26)19-24-12-7-17-31-24/h1-12,17,23,25H,13-16,18-20H2. The fourth-order valence-electron chi connectivity index (χ4n) is 4.91. The van der Waals surface area contributed by atoms with Gasteiger partial charge in [0, 0.05) is 37.1 Å². The van der Waals surface area contributed by atoms with Gasteiger partial charge in [0.05, 0.1) is 12.6 Å². The van der Waals surface area contributed by atoms with Crippen molar-refractivity contribution in [2.75, 3.05) is 19.6 Å². The average molecular weight is 432 g/mol. The van der Waals surface area contributed by atoms with Crippen molar-refractivity contribution in [2.45, 2.75) is 38.0 Å². The number of amides is 2. The Kier molecular flexibility index (Phi) is 6.05. The minimum atomic E-state index is 0.123. The fraction of sp³-hybridized carbons (Fsp3) is 0.346. The maximum Gasteiger partial charge on any atom is 0.321 e. The zero-order chi connectivity index (χ0) is 21.0. The third kappa shape index (κ3) is 4.53. The number of thiophene rings is 1. The maximum atomic E-state index is 13.5. The summed E-state index contributed by atoms with van der Waals surface area (Å²) in [5.41, 5.74) is 2.60. The molecule has 31 heavy (non-hydrogen) atoms. The summed E-state index contributed by atoms with van der Waals surface area (Å²) in [4.78, 5) is 21.5. The minimum absolute atomic E-state index is 0.123. The van der Waals surface area contributed by atoms with Crippen molar-refractivity contribution in [2.24, 2.45) is 0 Å². The Balaban J connectivity index is 1.28. The Bertz CT molecular complexity index is 968. The number of carbonyl (C=O) groups excluding carboxylic acids is 1. The molecule has 2 fully saturated rings. The number of benzene rings is 2. The van der Waals surface area contributed by atoms with Crippen molar-refractivity contribution in [3.8, 4) is 0 Å². The van der Waals surface area contributed by atoms with E-state index in [1.165, 1.54) is 16.0 Å². The molecule has 5 heteroatoms. The van der Waals surface area contributed by atoms with Gasteiger partial charge in [-0.05, 0) is 35.4 Å². The third-order valence-electron chi connectivity index (χ3n) is 6.57. The van der Waals surface area contributed by atoms with Gasteiger partial charge in [-0.2, -0.15) is 0 Å². The van der Waals surface area contributed by atoms with E-state index in [-0.39, 0.29) is 12.1 Å². The maximum absolute atomic E-state index is 13.5. The van der Waals surface area contributed by atoms with Crippen molar-refractivity contribution < 1.29 is 4.79 Å². The summed E-state index contributed by atoms with van der Waals surface area (Å²) in [7, 11) is 0. The molecule has 4 nitrogen and oxygen atoms in total. The summed E-state index contributed by atoms with van der Waals surface area (Å²) in [5.74, 6) is 0. The van der Waals surface area contributed by atoms with Crippen LogP contribution in [0.15, 0.2) is 78.2 Å². The van der Waals surface area contributed by atoms with Crippen LogP contribution in [0.4, 0.5) is 4.79 Å². The Morgan fingerprint density at radius 1 is 0.839 bits per heavy atom. The van der Waals surface area contributed by atoms with Crippen LogP contribution < -0.4 is 0 Å². The summed E-state index contributed by atoms with van der Waals surface area (Å²) in [6.07, 6.45) is 2.10. The molecule has 3 aromatic rings. The lowest BCUT2D eigenvalue weighted by molar-refractivity contribution is 0.126. The summed E-state index contributed by atoms with van der Waals surface area (Å²) in [6.45, 7) is 4.57. The molecule has 5 rings (SSSR count). The molecule has 1 unspecified atom stereocenters. The number of carbonyl (C=O) groups is 1. The molecular weight excluding hydrogens is 402 g/mol. The van der Waals surface area contributed by atoms with Gasteiger partial charge in [0.25, 0.3) is 0 Å². The van der Waals surface area contributed by atoms with Crippen LogP contribution in [0.1, 0.15) is 34.9 Å². The van der Waals surface area contributed by atoms with Crippen LogP contribution in [0.3, 0.4) is 0 Å². The summed E-state index contributed by atoms with van der Waals surface area (Å²) < 4.78 is 0. The molecule has 1 atom stereocenters. The van der Waals surface area contributed by atoms with E-state index in [9.17, 15) is 4.79 Å². The second kappa shape index (κ2) is 9.25. The predicted molar refractivity (Wildman–Crippen MR) is 126 cm³/mol. The van der Waals surface area contributed by atoms with E-state index in [0.29, 0.717) is 12.6 Å². The third-order valence-corrected chi connectivity index (χ3v) is 7.44. The van der Waals surface area contributed by atoms with Crippen molar-refractivity contribution in [1.82, 2.24) is 14.7 Å². The van der Waals surface area contributed by atoms with Gasteiger partial charge in [0.2, 0.25) is 0 Å². The van der Waals surface area contributed by atoms with E-state index in [4.69, 9.17) is 0 Å². The first-order valence-electron chi connectivity index (χ1n) is 11.2. The lowest BCUT2D eigenvalue weighted by Gasteiger charge is -2.36. The Labute approximate surface area is 188 Å². The molecule has 2 aliphatic heterocycles. The zero-order valence-electron chi connectivity index (χ0n) is 17.8. The lowest BCUT2D eigenvalue weighted by atomic mass is 10.0. The molecule has 2 saturated heterocycles. The van der Waals surface area contributed by atoms with E-state index >= 15 is 0 Å². The number of hydrogen-bond acceptors (Lipinski definition) is 3. The number of nitrogens with zero attached hydrogens (tertiary/aromatic N) is 3. The highest BCUT2D eigenvalue weighted by molar-refractivity contribution is 7.09. The molecule has 0 spiro atoms. The Hall–Kier alpha value is -2.63. The minimum Gasteiger partial charge on any atom is -0.319 e. The number of likely N-dealkylation sites (tertiary alicyclic amines) is 1. The normalized spacial score (nSPS) is 20.5. The highest BCUT2D eigenvalue weighted by Crippen LogP contribution is 2.35.